The Morgan fingerprint density at radius 2 is 2.19 bits per heavy atom. The molecule has 1 aromatic carbocycles. The Labute approximate surface area is 104 Å². The molecular weight excluding hydrogens is 272 g/mol. The average molecular weight is 287 g/mol. The molecule has 0 aliphatic carbocycles. The van der Waals surface area contributed by atoms with Gasteiger partial charge in [0.25, 0.3) is 0 Å². The Morgan fingerprint density at radius 1 is 1.50 bits per heavy atom. The molecule has 88 valence electrons. The average Bonchev–Trinajstić information content (AvgIpc) is 2.19. The zero-order chi connectivity index (χ0) is 12.1. The fraction of sp³-hybridized carbons (Fsp3) is 0.417. The molecular formula is C12H15BrO3. The van der Waals surface area contributed by atoms with Crippen molar-refractivity contribution in [2.24, 2.45) is 5.92 Å². The van der Waals surface area contributed by atoms with Gasteiger partial charge in [-0.1, -0.05) is 13.8 Å². The first-order chi connectivity index (χ1) is 7.50. The third-order valence-corrected chi connectivity index (χ3v) is 2.82. The minimum Gasteiger partial charge on any atom is -0.494 e. The lowest BCUT2D eigenvalue weighted by Crippen LogP contribution is -2.03. The maximum absolute atomic E-state index is 10.9. The summed E-state index contributed by atoms with van der Waals surface area (Å²) < 4.78 is 6.04. The highest BCUT2D eigenvalue weighted by atomic mass is 79.9. The molecule has 1 N–H and O–H groups in total. The Kier molecular flexibility index (Phi) is 4.80. The van der Waals surface area contributed by atoms with Crippen molar-refractivity contribution in [3.8, 4) is 5.75 Å². The van der Waals surface area contributed by atoms with E-state index in [1.807, 2.05) is 0 Å². The van der Waals surface area contributed by atoms with Crippen LogP contribution in [-0.2, 0) is 0 Å². The summed E-state index contributed by atoms with van der Waals surface area (Å²) in [6.07, 6.45) is 0.957. The van der Waals surface area contributed by atoms with Gasteiger partial charge in [0.05, 0.1) is 12.2 Å². The molecule has 0 fully saturated rings. The third-order valence-electron chi connectivity index (χ3n) is 2.13. The lowest BCUT2D eigenvalue weighted by atomic mass is 10.1. The van der Waals surface area contributed by atoms with Crippen LogP contribution in [0.5, 0.6) is 5.75 Å². The van der Waals surface area contributed by atoms with Crippen LogP contribution in [0.4, 0.5) is 0 Å². The van der Waals surface area contributed by atoms with Crippen LogP contribution in [0.2, 0.25) is 0 Å². The second-order valence-corrected chi connectivity index (χ2v) is 4.83. The highest BCUT2D eigenvalue weighted by Crippen LogP contribution is 2.22. The minimum atomic E-state index is -0.957. The van der Waals surface area contributed by atoms with Crippen LogP contribution in [0.1, 0.15) is 30.6 Å². The lowest BCUT2D eigenvalue weighted by Gasteiger charge is -2.09. The highest BCUT2D eigenvalue weighted by Gasteiger charge is 2.09. The monoisotopic (exact) mass is 286 g/mol. The normalized spacial score (nSPS) is 10.5. The van der Waals surface area contributed by atoms with E-state index < -0.39 is 5.97 Å². The molecule has 0 saturated carbocycles. The molecule has 0 radical (unpaired) electrons. The summed E-state index contributed by atoms with van der Waals surface area (Å²) in [6.45, 7) is 4.85. The van der Waals surface area contributed by atoms with Gasteiger partial charge in [-0.15, -0.1) is 0 Å². The van der Waals surface area contributed by atoms with Gasteiger partial charge >= 0.3 is 5.97 Å². The zero-order valence-corrected chi connectivity index (χ0v) is 11.0. The van der Waals surface area contributed by atoms with E-state index in [-0.39, 0.29) is 5.56 Å². The number of hydrogen-bond donors (Lipinski definition) is 1. The largest absolute Gasteiger partial charge is 0.494 e. The molecule has 0 amide bonds. The Bertz CT molecular complexity index is 375. The number of rotatable bonds is 5. The van der Waals surface area contributed by atoms with Crippen LogP contribution in [0.3, 0.4) is 0 Å². The summed E-state index contributed by atoms with van der Waals surface area (Å²) in [5.41, 5.74) is 0.224. The van der Waals surface area contributed by atoms with Gasteiger partial charge in [0.15, 0.2) is 0 Å². The molecule has 0 aliphatic rings. The van der Waals surface area contributed by atoms with E-state index >= 15 is 0 Å². The predicted molar refractivity (Wildman–Crippen MR) is 66.1 cm³/mol. The molecule has 3 nitrogen and oxygen atoms in total. The number of halogens is 1. The van der Waals surface area contributed by atoms with Crippen molar-refractivity contribution < 1.29 is 14.6 Å². The molecule has 4 heteroatoms. The van der Waals surface area contributed by atoms with E-state index in [2.05, 4.69) is 29.8 Å². The van der Waals surface area contributed by atoms with E-state index in [0.29, 0.717) is 22.7 Å². The minimum absolute atomic E-state index is 0.224. The van der Waals surface area contributed by atoms with Crippen LogP contribution in [0.15, 0.2) is 22.7 Å². The van der Waals surface area contributed by atoms with Crippen molar-refractivity contribution in [2.45, 2.75) is 20.3 Å². The first-order valence-corrected chi connectivity index (χ1v) is 5.95. The molecule has 1 aromatic rings. The SMILES string of the molecule is CC(C)CCOc1ccc(Br)c(C(=O)O)c1. The van der Waals surface area contributed by atoms with Crippen molar-refractivity contribution in [1.29, 1.82) is 0 Å². The number of benzene rings is 1. The third kappa shape index (κ3) is 3.85. The van der Waals surface area contributed by atoms with E-state index in [4.69, 9.17) is 9.84 Å². The van der Waals surface area contributed by atoms with Gasteiger partial charge in [-0.05, 0) is 46.5 Å². The zero-order valence-electron chi connectivity index (χ0n) is 9.37. The summed E-state index contributed by atoms with van der Waals surface area (Å²) >= 11 is 3.19. The van der Waals surface area contributed by atoms with Crippen molar-refractivity contribution in [1.82, 2.24) is 0 Å². The summed E-state index contributed by atoms with van der Waals surface area (Å²) in [7, 11) is 0. The van der Waals surface area contributed by atoms with Gasteiger partial charge in [0.1, 0.15) is 5.75 Å². The van der Waals surface area contributed by atoms with Crippen LogP contribution in [0, 0.1) is 5.92 Å². The molecule has 0 heterocycles. The van der Waals surface area contributed by atoms with Crippen molar-refractivity contribution in [3.63, 3.8) is 0 Å². The molecule has 0 bridgehead atoms. The topological polar surface area (TPSA) is 46.5 Å². The fourth-order valence-electron chi connectivity index (χ4n) is 1.17. The quantitative estimate of drug-likeness (QED) is 0.900. The van der Waals surface area contributed by atoms with Gasteiger partial charge in [0, 0.05) is 4.47 Å². The van der Waals surface area contributed by atoms with E-state index in [1.165, 1.54) is 6.07 Å². The van der Waals surface area contributed by atoms with Crippen LogP contribution in [-0.4, -0.2) is 17.7 Å². The maximum atomic E-state index is 10.9. The first kappa shape index (κ1) is 13.0. The molecule has 1 rings (SSSR count). The van der Waals surface area contributed by atoms with Gasteiger partial charge in [-0.3, -0.25) is 0 Å². The van der Waals surface area contributed by atoms with Crippen molar-refractivity contribution in [3.05, 3.63) is 28.2 Å². The second-order valence-electron chi connectivity index (χ2n) is 3.98. The maximum Gasteiger partial charge on any atom is 0.336 e. The van der Waals surface area contributed by atoms with Crippen LogP contribution >= 0.6 is 15.9 Å². The van der Waals surface area contributed by atoms with Gasteiger partial charge in [-0.2, -0.15) is 0 Å². The Hall–Kier alpha value is -1.03. The molecule has 0 spiro atoms. The number of hydrogen-bond acceptors (Lipinski definition) is 2. The van der Waals surface area contributed by atoms with Gasteiger partial charge < -0.3 is 9.84 Å². The van der Waals surface area contributed by atoms with Crippen molar-refractivity contribution in [2.75, 3.05) is 6.61 Å². The summed E-state index contributed by atoms with van der Waals surface area (Å²) in [4.78, 5) is 10.9. The van der Waals surface area contributed by atoms with E-state index in [1.54, 1.807) is 12.1 Å². The molecule has 16 heavy (non-hydrogen) atoms. The number of carboxylic acid groups (broad SMARTS) is 1. The van der Waals surface area contributed by atoms with Gasteiger partial charge in [-0.25, -0.2) is 4.79 Å². The van der Waals surface area contributed by atoms with Gasteiger partial charge in [0.2, 0.25) is 0 Å². The fourth-order valence-corrected chi connectivity index (χ4v) is 1.59. The molecule has 0 aromatic heterocycles. The summed E-state index contributed by atoms with van der Waals surface area (Å²) in [6, 6.07) is 4.98. The molecule has 0 saturated heterocycles. The van der Waals surface area contributed by atoms with Crippen LogP contribution in [0.25, 0.3) is 0 Å². The first-order valence-electron chi connectivity index (χ1n) is 5.16. The standard InChI is InChI=1S/C12H15BrO3/c1-8(2)5-6-16-9-3-4-11(13)10(7-9)12(14)15/h3-4,7-8H,5-6H2,1-2H3,(H,14,15). The Balaban J connectivity index is 2.68. The lowest BCUT2D eigenvalue weighted by molar-refractivity contribution is 0.0695. The predicted octanol–water partition coefficient (Wildman–Crippen LogP) is 3.57. The number of ether oxygens (including phenoxy) is 1. The highest BCUT2D eigenvalue weighted by molar-refractivity contribution is 9.10. The van der Waals surface area contributed by atoms with Crippen molar-refractivity contribution >= 4 is 21.9 Å². The summed E-state index contributed by atoms with van der Waals surface area (Å²) in [5.74, 6) is 0.219. The molecule has 0 aliphatic heterocycles. The number of aromatic carboxylic acids is 1. The second kappa shape index (κ2) is 5.89. The number of carboxylic acids is 1. The Morgan fingerprint density at radius 3 is 2.75 bits per heavy atom. The summed E-state index contributed by atoms with van der Waals surface area (Å²) in [5, 5.41) is 8.92. The smallest absolute Gasteiger partial charge is 0.336 e. The van der Waals surface area contributed by atoms with E-state index in [0.717, 1.165) is 6.42 Å². The molecule has 0 unspecified atom stereocenters. The number of carbonyl (C=O) groups is 1. The van der Waals surface area contributed by atoms with Crippen LogP contribution < -0.4 is 4.74 Å². The van der Waals surface area contributed by atoms with E-state index in [9.17, 15) is 4.79 Å². The molecule has 0 atom stereocenters.